The number of anilines is 1. The Morgan fingerprint density at radius 1 is 1.55 bits per heavy atom. The summed E-state index contributed by atoms with van der Waals surface area (Å²) in [4.78, 5) is 26.2. The summed E-state index contributed by atoms with van der Waals surface area (Å²) in [6.07, 6.45) is -2.99. The van der Waals surface area contributed by atoms with Crippen LogP contribution >= 0.6 is 0 Å². The number of hydrogen-bond acceptors (Lipinski definition) is 8. The molecule has 0 aromatic carbocycles. The smallest absolute Gasteiger partial charge is 0.351 e. The highest BCUT2D eigenvalue weighted by molar-refractivity contribution is 5.92. The van der Waals surface area contributed by atoms with Crippen LogP contribution in [-0.2, 0) is 9.47 Å². The molecule has 1 aliphatic heterocycles. The van der Waals surface area contributed by atoms with Gasteiger partial charge in [-0.3, -0.25) is 4.57 Å². The van der Waals surface area contributed by atoms with E-state index in [1.54, 1.807) is 0 Å². The molecule has 0 amide bonds. The van der Waals surface area contributed by atoms with E-state index in [-0.39, 0.29) is 6.61 Å². The van der Waals surface area contributed by atoms with Crippen LogP contribution in [0.15, 0.2) is 23.8 Å². The van der Waals surface area contributed by atoms with Gasteiger partial charge in [0, 0.05) is 6.20 Å². The molecule has 2 heterocycles. The monoisotopic (exact) mass is 313 g/mol. The Morgan fingerprint density at radius 3 is 2.82 bits per heavy atom. The SMILES string of the molecule is C=COC[C@H]1O[C@@H](n2cc(C(=O)O)c(N)nc2=O)[C@H](O)[C@@H]1O. The van der Waals surface area contributed by atoms with Gasteiger partial charge in [0.25, 0.3) is 0 Å². The van der Waals surface area contributed by atoms with E-state index >= 15 is 0 Å². The second-order valence-electron chi connectivity index (χ2n) is 4.58. The van der Waals surface area contributed by atoms with Gasteiger partial charge in [0.15, 0.2) is 6.23 Å². The molecule has 1 aliphatic rings. The first-order valence-corrected chi connectivity index (χ1v) is 6.23. The molecule has 0 radical (unpaired) electrons. The van der Waals surface area contributed by atoms with Gasteiger partial charge in [0.2, 0.25) is 0 Å². The lowest BCUT2D eigenvalue weighted by Crippen LogP contribution is -2.36. The fraction of sp³-hybridized carbons (Fsp3) is 0.417. The van der Waals surface area contributed by atoms with Gasteiger partial charge in [-0.05, 0) is 0 Å². The summed E-state index contributed by atoms with van der Waals surface area (Å²) < 4.78 is 11.0. The number of nitrogens with zero attached hydrogens (tertiary/aromatic N) is 2. The van der Waals surface area contributed by atoms with Crippen LogP contribution in [0.4, 0.5) is 5.82 Å². The third-order valence-corrected chi connectivity index (χ3v) is 3.20. The highest BCUT2D eigenvalue weighted by atomic mass is 16.6. The molecule has 1 aromatic heterocycles. The summed E-state index contributed by atoms with van der Waals surface area (Å²) in [7, 11) is 0. The number of aromatic carboxylic acids is 1. The van der Waals surface area contributed by atoms with Gasteiger partial charge in [-0.25, -0.2) is 9.59 Å². The third kappa shape index (κ3) is 2.79. The van der Waals surface area contributed by atoms with Gasteiger partial charge in [-0.15, -0.1) is 0 Å². The molecule has 10 heteroatoms. The Bertz CT molecular complexity index is 644. The Labute approximate surface area is 124 Å². The second-order valence-corrected chi connectivity index (χ2v) is 4.58. The summed E-state index contributed by atoms with van der Waals surface area (Å²) in [6.45, 7) is 3.24. The zero-order chi connectivity index (χ0) is 16.4. The molecule has 1 aromatic rings. The van der Waals surface area contributed by atoms with Crippen molar-refractivity contribution in [1.29, 1.82) is 0 Å². The minimum atomic E-state index is -1.47. The minimum absolute atomic E-state index is 0.0961. The first-order chi connectivity index (χ1) is 10.4. The number of nitrogen functional groups attached to an aromatic ring is 1. The lowest BCUT2D eigenvalue weighted by molar-refractivity contribution is -0.0568. The second kappa shape index (κ2) is 6.13. The molecule has 0 bridgehead atoms. The van der Waals surface area contributed by atoms with E-state index < -0.39 is 47.6 Å². The van der Waals surface area contributed by atoms with Crippen LogP contribution in [0.3, 0.4) is 0 Å². The van der Waals surface area contributed by atoms with Crippen molar-refractivity contribution in [2.24, 2.45) is 0 Å². The number of carboxylic acid groups (broad SMARTS) is 1. The van der Waals surface area contributed by atoms with Gasteiger partial charge in [-0.1, -0.05) is 6.58 Å². The molecule has 1 saturated heterocycles. The highest BCUT2D eigenvalue weighted by Gasteiger charge is 2.44. The molecule has 10 nitrogen and oxygen atoms in total. The van der Waals surface area contributed by atoms with Crippen LogP contribution in [0, 0.1) is 0 Å². The average molecular weight is 313 g/mol. The number of nitrogens with two attached hydrogens (primary N) is 1. The molecular weight excluding hydrogens is 298 g/mol. The molecule has 0 aliphatic carbocycles. The number of rotatable bonds is 5. The fourth-order valence-electron chi connectivity index (χ4n) is 2.09. The molecule has 0 spiro atoms. The number of carbonyl (C=O) groups is 1. The normalized spacial score (nSPS) is 27.5. The van der Waals surface area contributed by atoms with Crippen molar-refractivity contribution in [1.82, 2.24) is 9.55 Å². The highest BCUT2D eigenvalue weighted by Crippen LogP contribution is 2.29. The molecule has 4 atom stereocenters. The molecule has 2 rings (SSSR count). The number of carboxylic acids is 1. The van der Waals surface area contributed by atoms with Crippen LogP contribution in [0.25, 0.3) is 0 Å². The van der Waals surface area contributed by atoms with Crippen LogP contribution in [0.5, 0.6) is 0 Å². The summed E-state index contributed by atoms with van der Waals surface area (Å²) >= 11 is 0. The summed E-state index contributed by atoms with van der Waals surface area (Å²) in [5.74, 6) is -1.84. The van der Waals surface area contributed by atoms with Crippen molar-refractivity contribution in [2.75, 3.05) is 12.3 Å². The number of hydrogen-bond donors (Lipinski definition) is 4. The van der Waals surface area contributed by atoms with E-state index in [2.05, 4.69) is 11.6 Å². The van der Waals surface area contributed by atoms with Crippen molar-refractivity contribution in [3.8, 4) is 0 Å². The van der Waals surface area contributed by atoms with Crippen LogP contribution in [0.2, 0.25) is 0 Å². The molecule has 120 valence electrons. The predicted molar refractivity (Wildman–Crippen MR) is 71.9 cm³/mol. The molecule has 1 fully saturated rings. The Kier molecular flexibility index (Phi) is 4.45. The molecule has 0 saturated carbocycles. The van der Waals surface area contributed by atoms with Crippen molar-refractivity contribution in [2.45, 2.75) is 24.5 Å². The fourth-order valence-corrected chi connectivity index (χ4v) is 2.09. The van der Waals surface area contributed by atoms with Crippen molar-refractivity contribution >= 4 is 11.8 Å². The van der Waals surface area contributed by atoms with Gasteiger partial charge in [-0.2, -0.15) is 4.98 Å². The van der Waals surface area contributed by atoms with Crippen LogP contribution in [0.1, 0.15) is 16.6 Å². The third-order valence-electron chi connectivity index (χ3n) is 3.20. The maximum atomic E-state index is 11.8. The number of aliphatic hydroxyl groups is 2. The summed E-state index contributed by atoms with van der Waals surface area (Å²) in [5.41, 5.74) is 4.02. The largest absolute Gasteiger partial charge is 0.499 e. The topological polar surface area (TPSA) is 157 Å². The number of aliphatic hydroxyl groups excluding tert-OH is 2. The Hall–Kier alpha value is -2.43. The minimum Gasteiger partial charge on any atom is -0.499 e. The van der Waals surface area contributed by atoms with Crippen LogP contribution < -0.4 is 11.4 Å². The zero-order valence-corrected chi connectivity index (χ0v) is 11.3. The Balaban J connectivity index is 2.35. The standard InChI is InChI=1S/C12H15N3O7/c1-2-21-4-6-7(16)8(17)10(22-6)15-3-5(11(18)19)9(13)14-12(15)20/h2-3,6-8,10,16-17H,1,4H2,(H,18,19)(H2,13,14,20)/t6-,7-,8-,10-/m1/s1. The molecule has 5 N–H and O–H groups in total. The predicted octanol–water partition coefficient (Wildman–Crippen LogP) is -1.70. The van der Waals surface area contributed by atoms with Gasteiger partial charge < -0.3 is 30.5 Å². The lowest BCUT2D eigenvalue weighted by atomic mass is 10.1. The molecule has 0 unspecified atom stereocenters. The Morgan fingerprint density at radius 2 is 2.23 bits per heavy atom. The van der Waals surface area contributed by atoms with E-state index in [1.807, 2.05) is 0 Å². The van der Waals surface area contributed by atoms with E-state index in [4.69, 9.17) is 20.3 Å². The quantitative estimate of drug-likeness (QED) is 0.465. The average Bonchev–Trinajstić information content (AvgIpc) is 2.73. The molecular formula is C12H15N3O7. The van der Waals surface area contributed by atoms with Crippen molar-refractivity contribution in [3.05, 3.63) is 35.1 Å². The van der Waals surface area contributed by atoms with Gasteiger partial charge >= 0.3 is 11.7 Å². The van der Waals surface area contributed by atoms with Crippen LogP contribution in [-0.4, -0.2) is 55.8 Å². The van der Waals surface area contributed by atoms with Gasteiger partial charge in [0.1, 0.15) is 36.3 Å². The first kappa shape index (κ1) is 15.9. The number of aromatic nitrogens is 2. The number of ether oxygens (including phenoxy) is 2. The van der Waals surface area contributed by atoms with E-state index in [0.717, 1.165) is 17.0 Å². The zero-order valence-electron chi connectivity index (χ0n) is 11.3. The van der Waals surface area contributed by atoms with E-state index in [1.165, 1.54) is 0 Å². The maximum absolute atomic E-state index is 11.8. The van der Waals surface area contributed by atoms with Gasteiger partial charge in [0.05, 0.1) is 6.26 Å². The maximum Gasteiger partial charge on any atom is 0.351 e. The first-order valence-electron chi connectivity index (χ1n) is 6.23. The van der Waals surface area contributed by atoms with E-state index in [9.17, 15) is 19.8 Å². The van der Waals surface area contributed by atoms with E-state index in [0.29, 0.717) is 0 Å². The summed E-state index contributed by atoms with van der Waals surface area (Å²) in [6, 6.07) is 0. The summed E-state index contributed by atoms with van der Waals surface area (Å²) in [5, 5.41) is 28.8. The van der Waals surface area contributed by atoms with Crippen molar-refractivity contribution in [3.63, 3.8) is 0 Å². The van der Waals surface area contributed by atoms with Crippen molar-refractivity contribution < 1.29 is 29.6 Å². The molecule has 22 heavy (non-hydrogen) atoms. The lowest BCUT2D eigenvalue weighted by Gasteiger charge is -2.17.